The van der Waals surface area contributed by atoms with Crippen molar-refractivity contribution in [2.45, 2.75) is 13.8 Å². The fourth-order valence-corrected chi connectivity index (χ4v) is 3.65. The van der Waals surface area contributed by atoms with Crippen LogP contribution in [0.5, 0.6) is 11.5 Å². The highest BCUT2D eigenvalue weighted by Gasteiger charge is 2.25. The van der Waals surface area contributed by atoms with E-state index in [1.165, 1.54) is 0 Å². The lowest BCUT2D eigenvalue weighted by molar-refractivity contribution is -0.110. The summed E-state index contributed by atoms with van der Waals surface area (Å²) >= 11 is 6.45. The van der Waals surface area contributed by atoms with E-state index in [4.69, 9.17) is 21.1 Å². The normalized spacial score (nSPS) is 14.5. The zero-order valence-electron chi connectivity index (χ0n) is 15.3. The second-order valence-corrected chi connectivity index (χ2v) is 6.75. The summed E-state index contributed by atoms with van der Waals surface area (Å²) in [6.45, 7) is 4.46. The van der Waals surface area contributed by atoms with Crippen molar-refractivity contribution in [3.8, 4) is 11.5 Å². The number of ether oxygens (including phenoxy) is 2. The van der Waals surface area contributed by atoms with Gasteiger partial charge < -0.3 is 19.8 Å². The lowest BCUT2D eigenvalue weighted by Crippen LogP contribution is -2.03. The number of H-pyrrole nitrogens is 1. The van der Waals surface area contributed by atoms with Gasteiger partial charge in [-0.05, 0) is 55.8 Å². The molecule has 5 nitrogen and oxygen atoms in total. The molecule has 0 spiro atoms. The molecule has 2 aromatic carbocycles. The van der Waals surface area contributed by atoms with Crippen LogP contribution in [0.1, 0.15) is 23.6 Å². The van der Waals surface area contributed by atoms with E-state index in [1.54, 1.807) is 7.11 Å². The third-order valence-electron chi connectivity index (χ3n) is 4.68. The standard InChI is InChI=1S/C21H19ClN2O3/c1-4-27-12-5-6-17-13(8-12)16(21(25)24-17)9-15-14-10-19(26-3)11(2)7-18(14)23-20(15)22/h5-10,23H,4H2,1-3H3,(H,24,25)/b16-9+. The lowest BCUT2D eigenvalue weighted by Gasteiger charge is -2.06. The fraction of sp³-hybridized carbons (Fsp3) is 0.190. The van der Waals surface area contributed by atoms with Gasteiger partial charge in [0.25, 0.3) is 5.91 Å². The summed E-state index contributed by atoms with van der Waals surface area (Å²) in [7, 11) is 1.64. The summed E-state index contributed by atoms with van der Waals surface area (Å²) < 4.78 is 11.0. The molecule has 4 rings (SSSR count). The minimum Gasteiger partial charge on any atom is -0.496 e. The molecule has 1 aromatic heterocycles. The van der Waals surface area contributed by atoms with E-state index in [0.717, 1.165) is 44.8 Å². The van der Waals surface area contributed by atoms with Crippen LogP contribution in [0.4, 0.5) is 5.69 Å². The molecule has 0 unspecified atom stereocenters. The molecule has 1 aliphatic rings. The van der Waals surface area contributed by atoms with Crippen molar-refractivity contribution in [1.29, 1.82) is 0 Å². The second-order valence-electron chi connectivity index (χ2n) is 6.37. The molecule has 0 saturated heterocycles. The number of nitrogens with one attached hydrogen (secondary N) is 2. The average Bonchev–Trinajstić information content (AvgIpc) is 3.11. The highest BCUT2D eigenvalue weighted by atomic mass is 35.5. The molecule has 0 atom stereocenters. The topological polar surface area (TPSA) is 63.4 Å². The molecule has 138 valence electrons. The molecule has 1 amide bonds. The molecule has 0 radical (unpaired) electrons. The van der Waals surface area contributed by atoms with Crippen LogP contribution >= 0.6 is 11.6 Å². The van der Waals surface area contributed by atoms with E-state index < -0.39 is 0 Å². The van der Waals surface area contributed by atoms with E-state index in [-0.39, 0.29) is 5.91 Å². The van der Waals surface area contributed by atoms with Crippen molar-refractivity contribution in [3.63, 3.8) is 0 Å². The summed E-state index contributed by atoms with van der Waals surface area (Å²) in [5.74, 6) is 1.33. The number of benzene rings is 2. The maximum absolute atomic E-state index is 12.6. The third-order valence-corrected chi connectivity index (χ3v) is 4.98. The molecule has 0 aliphatic carbocycles. The molecule has 0 saturated carbocycles. The predicted molar refractivity (Wildman–Crippen MR) is 109 cm³/mol. The van der Waals surface area contributed by atoms with Crippen LogP contribution in [0.2, 0.25) is 5.15 Å². The van der Waals surface area contributed by atoms with Crippen molar-refractivity contribution < 1.29 is 14.3 Å². The van der Waals surface area contributed by atoms with Gasteiger partial charge in [-0.15, -0.1) is 0 Å². The Kier molecular flexibility index (Phi) is 4.32. The summed E-state index contributed by atoms with van der Waals surface area (Å²) in [5.41, 5.74) is 4.77. The number of rotatable bonds is 4. The Bertz CT molecular complexity index is 1100. The number of hydrogen-bond acceptors (Lipinski definition) is 3. The van der Waals surface area contributed by atoms with Gasteiger partial charge in [0.1, 0.15) is 16.7 Å². The molecular weight excluding hydrogens is 364 g/mol. The number of amides is 1. The number of carbonyl (C=O) groups is 1. The van der Waals surface area contributed by atoms with Gasteiger partial charge in [-0.2, -0.15) is 0 Å². The SMILES string of the molecule is CCOc1ccc2c(c1)/C(=C\c1c(Cl)[nH]c3cc(C)c(OC)cc13)C(=O)N2. The fourth-order valence-electron chi connectivity index (χ4n) is 3.39. The van der Waals surface area contributed by atoms with Gasteiger partial charge in [-0.3, -0.25) is 4.79 Å². The van der Waals surface area contributed by atoms with Gasteiger partial charge in [-0.1, -0.05) is 11.6 Å². The summed E-state index contributed by atoms with van der Waals surface area (Å²) in [4.78, 5) is 15.7. The first-order valence-electron chi connectivity index (χ1n) is 8.68. The van der Waals surface area contributed by atoms with Crippen LogP contribution < -0.4 is 14.8 Å². The van der Waals surface area contributed by atoms with E-state index >= 15 is 0 Å². The van der Waals surface area contributed by atoms with E-state index in [2.05, 4.69) is 10.3 Å². The van der Waals surface area contributed by atoms with Crippen LogP contribution in [-0.2, 0) is 4.79 Å². The molecule has 0 fully saturated rings. The number of anilines is 1. The highest BCUT2D eigenvalue weighted by molar-refractivity contribution is 6.38. The molecule has 27 heavy (non-hydrogen) atoms. The molecule has 6 heteroatoms. The lowest BCUT2D eigenvalue weighted by atomic mass is 10.0. The predicted octanol–water partition coefficient (Wildman–Crippen LogP) is 5.03. The number of methoxy groups -OCH3 is 1. The Labute approximate surface area is 161 Å². The van der Waals surface area contributed by atoms with Gasteiger partial charge in [0.15, 0.2) is 0 Å². The molecule has 2 N–H and O–H groups in total. The van der Waals surface area contributed by atoms with Gasteiger partial charge in [0.05, 0.1) is 13.7 Å². The Morgan fingerprint density at radius 1 is 1.22 bits per heavy atom. The minimum atomic E-state index is -0.164. The molecule has 0 bridgehead atoms. The zero-order chi connectivity index (χ0) is 19.1. The quantitative estimate of drug-likeness (QED) is 0.622. The number of aryl methyl sites for hydroxylation is 1. The van der Waals surface area contributed by atoms with Crippen molar-refractivity contribution in [3.05, 3.63) is 52.2 Å². The molecule has 3 aromatic rings. The second kappa shape index (κ2) is 6.67. The number of fused-ring (bicyclic) bond motifs is 2. The molecular formula is C21H19ClN2O3. The Hall–Kier alpha value is -2.92. The Morgan fingerprint density at radius 3 is 2.78 bits per heavy atom. The minimum absolute atomic E-state index is 0.164. The van der Waals surface area contributed by atoms with Crippen LogP contribution in [0.15, 0.2) is 30.3 Å². The molecule has 1 aliphatic heterocycles. The monoisotopic (exact) mass is 382 g/mol. The van der Waals surface area contributed by atoms with E-state index in [1.807, 2.05) is 50.3 Å². The number of hydrogen-bond donors (Lipinski definition) is 2. The maximum Gasteiger partial charge on any atom is 0.256 e. The Morgan fingerprint density at radius 2 is 2.04 bits per heavy atom. The first-order chi connectivity index (χ1) is 13.0. The summed E-state index contributed by atoms with van der Waals surface area (Å²) in [6.07, 6.45) is 1.81. The van der Waals surface area contributed by atoms with Crippen molar-refractivity contribution in [2.24, 2.45) is 0 Å². The van der Waals surface area contributed by atoms with Crippen molar-refractivity contribution in [1.82, 2.24) is 4.98 Å². The first-order valence-corrected chi connectivity index (χ1v) is 9.05. The van der Waals surface area contributed by atoms with Crippen molar-refractivity contribution >= 4 is 45.7 Å². The number of aromatic nitrogens is 1. The number of halogens is 1. The van der Waals surface area contributed by atoms with Crippen LogP contribution in [-0.4, -0.2) is 24.6 Å². The summed E-state index contributed by atoms with van der Waals surface area (Å²) in [5, 5.41) is 4.27. The van der Waals surface area contributed by atoms with Gasteiger partial charge in [-0.25, -0.2) is 0 Å². The summed E-state index contributed by atoms with van der Waals surface area (Å²) in [6, 6.07) is 9.48. The van der Waals surface area contributed by atoms with Crippen molar-refractivity contribution in [2.75, 3.05) is 19.0 Å². The van der Waals surface area contributed by atoms with E-state index in [9.17, 15) is 4.79 Å². The van der Waals surface area contributed by atoms with Gasteiger partial charge in [0.2, 0.25) is 0 Å². The van der Waals surface area contributed by atoms with Crippen LogP contribution in [0.3, 0.4) is 0 Å². The van der Waals surface area contributed by atoms with Gasteiger partial charge in [0, 0.05) is 33.3 Å². The Balaban J connectivity index is 1.89. The van der Waals surface area contributed by atoms with Gasteiger partial charge >= 0.3 is 0 Å². The number of carbonyl (C=O) groups excluding carboxylic acids is 1. The first kappa shape index (κ1) is 17.5. The van der Waals surface area contributed by atoms with Crippen LogP contribution in [0, 0.1) is 6.92 Å². The largest absolute Gasteiger partial charge is 0.496 e. The average molecular weight is 383 g/mol. The maximum atomic E-state index is 12.6. The smallest absolute Gasteiger partial charge is 0.256 e. The van der Waals surface area contributed by atoms with Crippen LogP contribution in [0.25, 0.3) is 22.6 Å². The zero-order valence-corrected chi connectivity index (χ0v) is 16.0. The number of aromatic amines is 1. The third kappa shape index (κ3) is 2.94. The van der Waals surface area contributed by atoms with E-state index in [0.29, 0.717) is 17.3 Å². The highest BCUT2D eigenvalue weighted by Crippen LogP contribution is 2.39. The molecule has 2 heterocycles.